The lowest BCUT2D eigenvalue weighted by molar-refractivity contribution is 0.292. The number of hydrogen-bond acceptors (Lipinski definition) is 4. The fourth-order valence-corrected chi connectivity index (χ4v) is 3.50. The first-order valence-electron chi connectivity index (χ1n) is 9.03. The first-order valence-corrected chi connectivity index (χ1v) is 9.03. The van der Waals surface area contributed by atoms with Gasteiger partial charge in [-0.2, -0.15) is 4.98 Å². The van der Waals surface area contributed by atoms with E-state index in [4.69, 9.17) is 4.52 Å². The standard InChI is InChI=1S/C19H27N3O/c1-3-4-5-6-15-8-11-16(12-9-15)18-21-19(23-22-18)17-10-7-14(2)20-13-17/h7,10,13,15-16H,3-6,8-9,11-12H2,1-2H3/t15-,16-. The molecule has 1 saturated carbocycles. The Morgan fingerprint density at radius 3 is 2.65 bits per heavy atom. The van der Waals surface area contributed by atoms with Crippen LogP contribution in [0.15, 0.2) is 22.9 Å². The molecule has 4 heteroatoms. The highest BCUT2D eigenvalue weighted by Gasteiger charge is 2.25. The van der Waals surface area contributed by atoms with Gasteiger partial charge in [0, 0.05) is 17.8 Å². The largest absolute Gasteiger partial charge is 0.334 e. The summed E-state index contributed by atoms with van der Waals surface area (Å²) in [5, 5.41) is 4.23. The Morgan fingerprint density at radius 1 is 1.13 bits per heavy atom. The van der Waals surface area contributed by atoms with Gasteiger partial charge in [-0.1, -0.05) is 37.8 Å². The Morgan fingerprint density at radius 2 is 1.96 bits per heavy atom. The lowest BCUT2D eigenvalue weighted by Crippen LogP contribution is -2.14. The maximum Gasteiger partial charge on any atom is 0.259 e. The molecule has 0 bridgehead atoms. The van der Waals surface area contributed by atoms with E-state index in [1.807, 2.05) is 19.1 Å². The van der Waals surface area contributed by atoms with Gasteiger partial charge < -0.3 is 4.52 Å². The van der Waals surface area contributed by atoms with Gasteiger partial charge in [-0.3, -0.25) is 4.98 Å². The molecular formula is C19H27N3O. The van der Waals surface area contributed by atoms with Crippen LogP contribution in [-0.2, 0) is 0 Å². The fourth-order valence-electron chi connectivity index (χ4n) is 3.50. The SMILES string of the molecule is CCCCC[C@H]1CC[C@H](c2noc(-c3ccc(C)nc3)n2)CC1. The molecule has 1 aliphatic carbocycles. The van der Waals surface area contributed by atoms with E-state index >= 15 is 0 Å². The number of aromatic nitrogens is 3. The normalized spacial score (nSPS) is 21.5. The molecule has 0 spiro atoms. The summed E-state index contributed by atoms with van der Waals surface area (Å²) in [5.41, 5.74) is 1.90. The highest BCUT2D eigenvalue weighted by molar-refractivity contribution is 5.50. The summed E-state index contributed by atoms with van der Waals surface area (Å²) < 4.78 is 5.45. The van der Waals surface area contributed by atoms with E-state index < -0.39 is 0 Å². The molecule has 0 atom stereocenters. The Bertz CT molecular complexity index is 597. The van der Waals surface area contributed by atoms with Gasteiger partial charge >= 0.3 is 0 Å². The number of hydrogen-bond donors (Lipinski definition) is 0. The third kappa shape index (κ3) is 4.18. The molecule has 0 N–H and O–H groups in total. The molecule has 2 aromatic rings. The van der Waals surface area contributed by atoms with Crippen molar-refractivity contribution >= 4 is 0 Å². The van der Waals surface area contributed by atoms with Gasteiger partial charge in [0.2, 0.25) is 0 Å². The maximum absolute atomic E-state index is 5.45. The van der Waals surface area contributed by atoms with E-state index in [0.29, 0.717) is 11.8 Å². The molecule has 124 valence electrons. The summed E-state index contributed by atoms with van der Waals surface area (Å²) in [4.78, 5) is 8.91. The minimum atomic E-state index is 0.466. The van der Waals surface area contributed by atoms with Crippen molar-refractivity contribution in [2.75, 3.05) is 0 Å². The molecule has 0 unspecified atom stereocenters. The molecule has 0 radical (unpaired) electrons. The highest BCUT2D eigenvalue weighted by Crippen LogP contribution is 2.37. The molecule has 0 aliphatic heterocycles. The summed E-state index contributed by atoms with van der Waals surface area (Å²) in [5.74, 6) is 2.85. The van der Waals surface area contributed by atoms with E-state index in [1.165, 1.54) is 51.4 Å². The zero-order valence-electron chi connectivity index (χ0n) is 14.3. The zero-order valence-corrected chi connectivity index (χ0v) is 14.3. The van der Waals surface area contributed by atoms with Gasteiger partial charge in [-0.05, 0) is 50.7 Å². The van der Waals surface area contributed by atoms with Crippen molar-refractivity contribution in [3.8, 4) is 11.5 Å². The van der Waals surface area contributed by atoms with Gasteiger partial charge in [0.1, 0.15) is 0 Å². The quantitative estimate of drug-likeness (QED) is 0.679. The molecular weight excluding hydrogens is 286 g/mol. The molecule has 2 heterocycles. The van der Waals surface area contributed by atoms with Gasteiger partial charge in [-0.25, -0.2) is 0 Å². The number of unbranched alkanes of at least 4 members (excludes halogenated alkanes) is 2. The Balaban J connectivity index is 1.56. The van der Waals surface area contributed by atoms with Crippen LogP contribution in [0.1, 0.15) is 75.7 Å². The smallest absolute Gasteiger partial charge is 0.259 e. The van der Waals surface area contributed by atoms with Crippen molar-refractivity contribution in [2.24, 2.45) is 5.92 Å². The minimum Gasteiger partial charge on any atom is -0.334 e. The van der Waals surface area contributed by atoms with Crippen molar-refractivity contribution in [1.29, 1.82) is 0 Å². The first kappa shape index (κ1) is 16.2. The van der Waals surface area contributed by atoms with Crippen molar-refractivity contribution in [2.45, 2.75) is 71.1 Å². The Labute approximate surface area is 138 Å². The van der Waals surface area contributed by atoms with Crippen LogP contribution in [0.25, 0.3) is 11.5 Å². The second-order valence-corrected chi connectivity index (χ2v) is 6.86. The minimum absolute atomic E-state index is 0.466. The molecule has 0 amide bonds. The summed E-state index contributed by atoms with van der Waals surface area (Å²) in [6, 6.07) is 3.96. The molecule has 1 fully saturated rings. The maximum atomic E-state index is 5.45. The topological polar surface area (TPSA) is 51.8 Å². The van der Waals surface area contributed by atoms with Crippen LogP contribution in [0.4, 0.5) is 0 Å². The lowest BCUT2D eigenvalue weighted by atomic mass is 9.79. The van der Waals surface area contributed by atoms with Crippen LogP contribution in [0.2, 0.25) is 0 Å². The third-order valence-corrected chi connectivity index (χ3v) is 5.03. The van der Waals surface area contributed by atoms with E-state index in [1.54, 1.807) is 6.20 Å². The first-order chi connectivity index (χ1) is 11.3. The molecule has 0 aromatic carbocycles. The predicted molar refractivity (Wildman–Crippen MR) is 91.1 cm³/mol. The lowest BCUT2D eigenvalue weighted by Gasteiger charge is -2.26. The van der Waals surface area contributed by atoms with Crippen molar-refractivity contribution in [3.05, 3.63) is 29.8 Å². The van der Waals surface area contributed by atoms with E-state index in [0.717, 1.165) is 23.0 Å². The third-order valence-electron chi connectivity index (χ3n) is 5.03. The van der Waals surface area contributed by atoms with E-state index in [2.05, 4.69) is 22.0 Å². The van der Waals surface area contributed by atoms with Crippen molar-refractivity contribution < 1.29 is 4.52 Å². The van der Waals surface area contributed by atoms with Gasteiger partial charge in [0.05, 0.1) is 5.56 Å². The van der Waals surface area contributed by atoms with Gasteiger partial charge in [-0.15, -0.1) is 0 Å². The average molecular weight is 313 g/mol. The second-order valence-electron chi connectivity index (χ2n) is 6.86. The molecule has 1 aliphatic rings. The summed E-state index contributed by atoms with van der Waals surface area (Å²) in [7, 11) is 0. The number of aryl methyl sites for hydroxylation is 1. The molecule has 2 aromatic heterocycles. The van der Waals surface area contributed by atoms with Crippen LogP contribution in [0.5, 0.6) is 0 Å². The van der Waals surface area contributed by atoms with E-state index in [9.17, 15) is 0 Å². The van der Waals surface area contributed by atoms with Gasteiger partial charge in [0.25, 0.3) is 5.89 Å². The molecule has 23 heavy (non-hydrogen) atoms. The summed E-state index contributed by atoms with van der Waals surface area (Å²) in [6.45, 7) is 4.25. The van der Waals surface area contributed by atoms with Gasteiger partial charge in [0.15, 0.2) is 5.82 Å². The van der Waals surface area contributed by atoms with E-state index in [-0.39, 0.29) is 0 Å². The number of nitrogens with zero attached hydrogens (tertiary/aromatic N) is 3. The summed E-state index contributed by atoms with van der Waals surface area (Å²) in [6.07, 6.45) is 12.3. The van der Waals surface area contributed by atoms with Crippen molar-refractivity contribution in [1.82, 2.24) is 15.1 Å². The Kier molecular flexibility index (Phi) is 5.42. The average Bonchev–Trinajstić information content (AvgIpc) is 3.06. The number of rotatable bonds is 6. The van der Waals surface area contributed by atoms with Crippen LogP contribution in [-0.4, -0.2) is 15.1 Å². The fraction of sp³-hybridized carbons (Fsp3) is 0.632. The molecule has 0 saturated heterocycles. The van der Waals surface area contributed by atoms with Crippen LogP contribution in [0, 0.1) is 12.8 Å². The highest BCUT2D eigenvalue weighted by atomic mass is 16.5. The number of pyridine rings is 1. The summed E-state index contributed by atoms with van der Waals surface area (Å²) >= 11 is 0. The second kappa shape index (κ2) is 7.71. The zero-order chi connectivity index (χ0) is 16.1. The van der Waals surface area contributed by atoms with Crippen LogP contribution >= 0.6 is 0 Å². The molecule has 3 rings (SSSR count). The predicted octanol–water partition coefficient (Wildman–Crippen LogP) is 5.29. The van der Waals surface area contributed by atoms with Crippen molar-refractivity contribution in [3.63, 3.8) is 0 Å². The van der Waals surface area contributed by atoms with Crippen LogP contribution < -0.4 is 0 Å². The monoisotopic (exact) mass is 313 g/mol. The Hall–Kier alpha value is -1.71. The molecule has 4 nitrogen and oxygen atoms in total. The van der Waals surface area contributed by atoms with Crippen LogP contribution in [0.3, 0.4) is 0 Å².